The van der Waals surface area contributed by atoms with E-state index >= 15 is 0 Å². The van der Waals surface area contributed by atoms with Crippen molar-refractivity contribution < 1.29 is 21.6 Å². The quantitative estimate of drug-likeness (QED) is 0.833. The van der Waals surface area contributed by atoms with Crippen molar-refractivity contribution in [1.29, 1.82) is 0 Å². The molecule has 2 rings (SSSR count). The van der Waals surface area contributed by atoms with Crippen LogP contribution in [0.1, 0.15) is 18.4 Å². The molecular formula is C14H19Cl2F3N2O2S. The van der Waals surface area contributed by atoms with Gasteiger partial charge in [0.1, 0.15) is 0 Å². The van der Waals surface area contributed by atoms with Gasteiger partial charge in [-0.25, -0.2) is 8.42 Å². The normalized spacial score (nSPS) is 19.8. The van der Waals surface area contributed by atoms with Crippen LogP contribution in [0.2, 0.25) is 5.02 Å². The van der Waals surface area contributed by atoms with Crippen LogP contribution in [0.4, 0.5) is 13.2 Å². The Hall–Kier alpha value is -0.540. The number of benzene rings is 1. The Morgan fingerprint density at radius 2 is 2.00 bits per heavy atom. The Balaban J connectivity index is 0.00000288. The highest BCUT2D eigenvalue weighted by Crippen LogP contribution is 2.34. The number of piperidine rings is 1. The van der Waals surface area contributed by atoms with Gasteiger partial charge < -0.3 is 5.32 Å². The maximum absolute atomic E-state index is 12.9. The van der Waals surface area contributed by atoms with Gasteiger partial charge in [-0.3, -0.25) is 0 Å². The van der Waals surface area contributed by atoms with E-state index < -0.39 is 26.7 Å². The summed E-state index contributed by atoms with van der Waals surface area (Å²) in [4.78, 5) is -0.414. The Bertz CT molecular complexity index is 666. The van der Waals surface area contributed by atoms with E-state index in [1.54, 1.807) is 7.05 Å². The number of hydrogen-bond acceptors (Lipinski definition) is 3. The molecule has 1 N–H and O–H groups in total. The number of alkyl halides is 3. The third-order valence-corrected chi connectivity index (χ3v) is 5.87. The van der Waals surface area contributed by atoms with E-state index in [1.165, 1.54) is 4.31 Å². The Labute approximate surface area is 150 Å². The first-order valence-corrected chi connectivity index (χ1v) is 8.99. The van der Waals surface area contributed by atoms with E-state index in [9.17, 15) is 21.6 Å². The molecule has 1 atom stereocenters. The second kappa shape index (κ2) is 8.23. The summed E-state index contributed by atoms with van der Waals surface area (Å²) >= 11 is 5.69. The third-order valence-electron chi connectivity index (χ3n) is 3.81. The molecule has 24 heavy (non-hydrogen) atoms. The molecule has 4 nitrogen and oxygen atoms in total. The van der Waals surface area contributed by atoms with Crippen LogP contribution in [0.3, 0.4) is 0 Å². The smallest absolute Gasteiger partial charge is 0.319 e. The molecule has 138 valence electrons. The minimum atomic E-state index is -4.65. The fourth-order valence-electron chi connectivity index (χ4n) is 2.72. The van der Waals surface area contributed by atoms with Crippen LogP contribution in [0.15, 0.2) is 23.1 Å². The molecule has 0 amide bonds. The summed E-state index contributed by atoms with van der Waals surface area (Å²) in [6, 6.07) is 2.43. The van der Waals surface area contributed by atoms with Crippen molar-refractivity contribution in [3.8, 4) is 0 Å². The number of halogens is 5. The molecule has 0 saturated carbocycles. The molecule has 1 aliphatic rings. The first kappa shape index (κ1) is 21.5. The second-order valence-electron chi connectivity index (χ2n) is 5.60. The van der Waals surface area contributed by atoms with Gasteiger partial charge in [0, 0.05) is 18.1 Å². The first-order valence-electron chi connectivity index (χ1n) is 7.17. The van der Waals surface area contributed by atoms with Gasteiger partial charge in [-0.05, 0) is 50.6 Å². The maximum Gasteiger partial charge on any atom is 0.416 e. The number of sulfonamides is 1. The summed E-state index contributed by atoms with van der Waals surface area (Å²) in [6.45, 7) is 1.25. The van der Waals surface area contributed by atoms with Crippen molar-refractivity contribution >= 4 is 34.0 Å². The molecule has 10 heteroatoms. The zero-order valence-corrected chi connectivity index (χ0v) is 15.3. The zero-order valence-electron chi connectivity index (χ0n) is 12.9. The summed E-state index contributed by atoms with van der Waals surface area (Å²) in [6.07, 6.45) is -3.08. The Morgan fingerprint density at radius 1 is 1.33 bits per heavy atom. The van der Waals surface area contributed by atoms with Crippen LogP contribution in [-0.2, 0) is 16.2 Å². The van der Waals surface area contributed by atoms with Gasteiger partial charge in [-0.15, -0.1) is 12.4 Å². The van der Waals surface area contributed by atoms with Gasteiger partial charge in [0.15, 0.2) is 0 Å². The van der Waals surface area contributed by atoms with Crippen LogP contribution >= 0.6 is 24.0 Å². The maximum atomic E-state index is 12.9. The van der Waals surface area contributed by atoms with Crippen LogP contribution in [0.5, 0.6) is 0 Å². The van der Waals surface area contributed by atoms with Crippen LogP contribution in [-0.4, -0.2) is 39.4 Å². The topological polar surface area (TPSA) is 49.4 Å². The van der Waals surface area contributed by atoms with Gasteiger partial charge in [-0.1, -0.05) is 11.6 Å². The summed E-state index contributed by atoms with van der Waals surface area (Å²) in [5, 5.41) is 2.75. The number of nitrogens with one attached hydrogen (secondary N) is 1. The molecule has 1 unspecified atom stereocenters. The van der Waals surface area contributed by atoms with Crippen molar-refractivity contribution in [2.24, 2.45) is 5.92 Å². The average molecular weight is 407 g/mol. The van der Waals surface area contributed by atoms with E-state index in [2.05, 4.69) is 5.32 Å². The number of hydrogen-bond donors (Lipinski definition) is 1. The minimum absolute atomic E-state index is 0. The fourth-order valence-corrected chi connectivity index (χ4v) is 4.65. The van der Waals surface area contributed by atoms with E-state index in [0.29, 0.717) is 25.6 Å². The summed E-state index contributed by atoms with van der Waals surface area (Å²) in [7, 11) is -2.22. The zero-order chi connectivity index (χ0) is 17.3. The van der Waals surface area contributed by atoms with Gasteiger partial charge in [0.25, 0.3) is 0 Å². The van der Waals surface area contributed by atoms with Crippen LogP contribution in [0.25, 0.3) is 0 Å². The molecule has 1 aromatic carbocycles. The summed E-state index contributed by atoms with van der Waals surface area (Å²) in [5.74, 6) is 0.143. The Kier molecular flexibility index (Phi) is 7.37. The lowest BCUT2D eigenvalue weighted by Crippen LogP contribution is -2.42. The molecule has 0 spiro atoms. The standard InChI is InChI=1S/C14H18ClF3N2O2S.ClH/c1-19-8-10-3-2-4-20(9-10)23(21,22)13-6-11(14(16,17)18)5-12(15)7-13;/h5-7,10,19H,2-4,8-9H2,1H3;1H. The lowest BCUT2D eigenvalue weighted by atomic mass is 10.00. The molecule has 1 saturated heterocycles. The van der Waals surface area contributed by atoms with E-state index in [4.69, 9.17) is 11.6 Å². The minimum Gasteiger partial charge on any atom is -0.319 e. The molecule has 0 aromatic heterocycles. The third kappa shape index (κ3) is 4.98. The summed E-state index contributed by atoms with van der Waals surface area (Å²) < 4.78 is 65.1. The highest BCUT2D eigenvalue weighted by molar-refractivity contribution is 7.89. The van der Waals surface area contributed by atoms with Gasteiger partial charge in [0.2, 0.25) is 10.0 Å². The number of rotatable bonds is 4. The number of nitrogens with zero attached hydrogens (tertiary/aromatic N) is 1. The van der Waals surface area contributed by atoms with E-state index in [-0.39, 0.29) is 29.9 Å². The van der Waals surface area contributed by atoms with Crippen molar-refractivity contribution in [2.75, 3.05) is 26.7 Å². The van der Waals surface area contributed by atoms with Crippen LogP contribution in [0, 0.1) is 5.92 Å². The largest absolute Gasteiger partial charge is 0.416 e. The molecule has 1 fully saturated rings. The molecular weight excluding hydrogens is 388 g/mol. The van der Waals surface area contributed by atoms with Crippen molar-refractivity contribution in [2.45, 2.75) is 23.9 Å². The van der Waals surface area contributed by atoms with Crippen molar-refractivity contribution in [3.63, 3.8) is 0 Å². The SMILES string of the molecule is CNCC1CCCN(S(=O)(=O)c2cc(Cl)cc(C(F)(F)F)c2)C1.Cl. The first-order chi connectivity index (χ1) is 10.6. The van der Waals surface area contributed by atoms with Gasteiger partial charge in [-0.2, -0.15) is 17.5 Å². The van der Waals surface area contributed by atoms with Gasteiger partial charge >= 0.3 is 6.18 Å². The predicted octanol–water partition coefficient (Wildman–Crippen LogP) is 3.40. The lowest BCUT2D eigenvalue weighted by Gasteiger charge is -2.32. The molecule has 1 aliphatic heterocycles. The summed E-state index contributed by atoms with van der Waals surface area (Å²) in [5.41, 5.74) is -1.06. The fraction of sp³-hybridized carbons (Fsp3) is 0.571. The van der Waals surface area contributed by atoms with E-state index in [1.807, 2.05) is 0 Å². The van der Waals surface area contributed by atoms with Gasteiger partial charge in [0.05, 0.1) is 10.5 Å². The Morgan fingerprint density at radius 3 is 2.58 bits per heavy atom. The monoisotopic (exact) mass is 406 g/mol. The molecule has 1 aromatic rings. The predicted molar refractivity (Wildman–Crippen MR) is 89.1 cm³/mol. The van der Waals surface area contributed by atoms with Crippen LogP contribution < -0.4 is 5.32 Å². The van der Waals surface area contributed by atoms with Crippen molar-refractivity contribution in [3.05, 3.63) is 28.8 Å². The second-order valence-corrected chi connectivity index (χ2v) is 7.98. The van der Waals surface area contributed by atoms with E-state index in [0.717, 1.165) is 18.6 Å². The molecule has 0 aliphatic carbocycles. The highest BCUT2D eigenvalue weighted by atomic mass is 35.5. The highest BCUT2D eigenvalue weighted by Gasteiger charge is 2.35. The molecule has 0 radical (unpaired) electrons. The average Bonchev–Trinajstić information content (AvgIpc) is 2.46. The van der Waals surface area contributed by atoms with Crippen molar-refractivity contribution in [1.82, 2.24) is 9.62 Å². The lowest BCUT2D eigenvalue weighted by molar-refractivity contribution is -0.137. The molecule has 0 bridgehead atoms. The molecule has 1 heterocycles.